The molecule has 2 aromatic carbocycles. The van der Waals surface area contributed by atoms with Crippen LogP contribution in [0.2, 0.25) is 0 Å². The van der Waals surface area contributed by atoms with E-state index in [1.54, 1.807) is 31.4 Å². The average Bonchev–Trinajstić information content (AvgIpc) is 3.19. The van der Waals surface area contributed by atoms with Gasteiger partial charge in [-0.1, -0.05) is 6.08 Å². The molecule has 140 valence electrons. The average molecular weight is 366 g/mol. The number of nitro groups is 1. The van der Waals surface area contributed by atoms with E-state index in [1.165, 1.54) is 31.1 Å². The number of benzene rings is 2. The monoisotopic (exact) mass is 366 g/mol. The molecule has 1 heterocycles. The smallest absolute Gasteiger partial charge is 0.269 e. The van der Waals surface area contributed by atoms with Gasteiger partial charge in [-0.25, -0.2) is 0 Å². The van der Waals surface area contributed by atoms with E-state index in [9.17, 15) is 14.9 Å². The summed E-state index contributed by atoms with van der Waals surface area (Å²) in [6.45, 7) is 2.92. The number of nitro benzene ring substituents is 1. The van der Waals surface area contributed by atoms with Crippen molar-refractivity contribution < 1.29 is 14.5 Å². The van der Waals surface area contributed by atoms with E-state index in [2.05, 4.69) is 4.90 Å². The van der Waals surface area contributed by atoms with E-state index in [4.69, 9.17) is 4.74 Å². The first kappa shape index (κ1) is 18.8. The maximum atomic E-state index is 12.5. The quantitative estimate of drug-likeness (QED) is 0.319. The van der Waals surface area contributed by atoms with Crippen LogP contribution in [-0.4, -0.2) is 35.8 Å². The lowest BCUT2D eigenvalue weighted by Gasteiger charge is -2.17. The van der Waals surface area contributed by atoms with E-state index in [0.29, 0.717) is 5.56 Å². The number of ketones is 1. The molecule has 0 N–H and O–H groups in total. The Bertz CT molecular complexity index is 853. The van der Waals surface area contributed by atoms with Gasteiger partial charge in [0.1, 0.15) is 5.75 Å². The SMILES string of the molecule is COc1ccc(C(=O)/C=C/c2ccc([N+](=O)[O-])cc2)cc1CN1CCCC1. The van der Waals surface area contributed by atoms with Crippen molar-refractivity contribution in [2.75, 3.05) is 20.2 Å². The molecule has 0 bridgehead atoms. The number of likely N-dealkylation sites (tertiary alicyclic amines) is 1. The molecule has 0 saturated carbocycles. The summed E-state index contributed by atoms with van der Waals surface area (Å²) in [5.41, 5.74) is 2.37. The van der Waals surface area contributed by atoms with Crippen molar-refractivity contribution in [3.05, 3.63) is 75.3 Å². The standard InChI is InChI=1S/C21H22N2O4/c1-27-21-11-7-17(14-18(21)15-22-12-2-3-13-22)20(24)10-6-16-4-8-19(9-5-16)23(25)26/h4-11,14H,2-3,12-13,15H2,1H3/b10-6+. The molecule has 1 aliphatic heterocycles. The third-order valence-corrected chi connectivity index (χ3v) is 4.69. The van der Waals surface area contributed by atoms with Gasteiger partial charge in [-0.2, -0.15) is 0 Å². The summed E-state index contributed by atoms with van der Waals surface area (Å²) >= 11 is 0. The lowest BCUT2D eigenvalue weighted by atomic mass is 10.0. The molecular weight excluding hydrogens is 344 g/mol. The van der Waals surface area contributed by atoms with Crippen LogP contribution in [0, 0.1) is 10.1 Å². The predicted molar refractivity (Wildman–Crippen MR) is 104 cm³/mol. The van der Waals surface area contributed by atoms with Crippen molar-refractivity contribution in [3.8, 4) is 5.75 Å². The fraction of sp³-hybridized carbons (Fsp3) is 0.286. The van der Waals surface area contributed by atoms with E-state index in [1.807, 2.05) is 12.1 Å². The van der Waals surface area contributed by atoms with Crippen LogP contribution < -0.4 is 4.74 Å². The highest BCUT2D eigenvalue weighted by atomic mass is 16.6. The van der Waals surface area contributed by atoms with Crippen molar-refractivity contribution in [2.45, 2.75) is 19.4 Å². The van der Waals surface area contributed by atoms with Gasteiger partial charge in [0.05, 0.1) is 12.0 Å². The third-order valence-electron chi connectivity index (χ3n) is 4.69. The van der Waals surface area contributed by atoms with E-state index in [0.717, 1.165) is 36.5 Å². The number of hydrogen-bond donors (Lipinski definition) is 0. The molecule has 2 aromatic rings. The molecule has 6 nitrogen and oxygen atoms in total. The number of ether oxygens (including phenoxy) is 1. The summed E-state index contributed by atoms with van der Waals surface area (Å²) in [6.07, 6.45) is 5.57. The Morgan fingerprint density at radius 1 is 1.19 bits per heavy atom. The Balaban J connectivity index is 1.74. The van der Waals surface area contributed by atoms with Crippen molar-refractivity contribution in [2.24, 2.45) is 0 Å². The number of carbonyl (C=O) groups excluding carboxylic acids is 1. The molecule has 0 radical (unpaired) electrons. The maximum Gasteiger partial charge on any atom is 0.269 e. The summed E-state index contributed by atoms with van der Waals surface area (Å²) in [7, 11) is 1.64. The number of nitrogens with zero attached hydrogens (tertiary/aromatic N) is 2. The maximum absolute atomic E-state index is 12.5. The first-order chi connectivity index (χ1) is 13.1. The molecule has 0 atom stereocenters. The number of rotatable bonds is 7. The highest BCUT2D eigenvalue weighted by Gasteiger charge is 2.15. The topological polar surface area (TPSA) is 72.7 Å². The van der Waals surface area contributed by atoms with Gasteiger partial charge in [-0.05, 0) is 67.9 Å². The van der Waals surface area contributed by atoms with Crippen LogP contribution in [0.3, 0.4) is 0 Å². The zero-order chi connectivity index (χ0) is 19.2. The van der Waals surface area contributed by atoms with Crippen LogP contribution in [0.15, 0.2) is 48.5 Å². The van der Waals surface area contributed by atoms with Gasteiger partial charge in [0, 0.05) is 29.8 Å². The Morgan fingerprint density at radius 2 is 1.89 bits per heavy atom. The lowest BCUT2D eigenvalue weighted by Crippen LogP contribution is -2.19. The van der Waals surface area contributed by atoms with E-state index >= 15 is 0 Å². The first-order valence-electron chi connectivity index (χ1n) is 8.93. The van der Waals surface area contributed by atoms with Gasteiger partial charge >= 0.3 is 0 Å². The van der Waals surface area contributed by atoms with Gasteiger partial charge in [0.25, 0.3) is 5.69 Å². The number of non-ortho nitro benzene ring substituents is 1. The summed E-state index contributed by atoms with van der Waals surface area (Å²) in [4.78, 5) is 25.1. The molecule has 1 fully saturated rings. The largest absolute Gasteiger partial charge is 0.496 e. The molecule has 0 spiro atoms. The predicted octanol–water partition coefficient (Wildman–Crippen LogP) is 4.10. The lowest BCUT2D eigenvalue weighted by molar-refractivity contribution is -0.384. The normalized spacial score (nSPS) is 14.6. The molecule has 0 unspecified atom stereocenters. The Kier molecular flexibility index (Phi) is 5.98. The molecule has 1 saturated heterocycles. The molecule has 0 aliphatic carbocycles. The molecular formula is C21H22N2O4. The molecule has 6 heteroatoms. The van der Waals surface area contributed by atoms with Crippen molar-refractivity contribution >= 4 is 17.5 Å². The zero-order valence-electron chi connectivity index (χ0n) is 15.3. The van der Waals surface area contributed by atoms with Crippen molar-refractivity contribution in [1.29, 1.82) is 0 Å². The number of allylic oxidation sites excluding steroid dienone is 1. The van der Waals surface area contributed by atoms with Crippen LogP contribution in [0.4, 0.5) is 5.69 Å². The van der Waals surface area contributed by atoms with Crippen molar-refractivity contribution in [1.82, 2.24) is 4.90 Å². The van der Waals surface area contributed by atoms with E-state index < -0.39 is 4.92 Å². The zero-order valence-corrected chi connectivity index (χ0v) is 15.3. The van der Waals surface area contributed by atoms with Crippen molar-refractivity contribution in [3.63, 3.8) is 0 Å². The Morgan fingerprint density at radius 3 is 2.52 bits per heavy atom. The highest BCUT2D eigenvalue weighted by molar-refractivity contribution is 6.07. The minimum absolute atomic E-state index is 0.0279. The number of methoxy groups -OCH3 is 1. The highest BCUT2D eigenvalue weighted by Crippen LogP contribution is 2.24. The van der Waals surface area contributed by atoms with Crippen LogP contribution in [-0.2, 0) is 6.54 Å². The second-order valence-electron chi connectivity index (χ2n) is 6.56. The van der Waals surface area contributed by atoms with Crippen LogP contribution in [0.1, 0.15) is 34.3 Å². The number of hydrogen-bond acceptors (Lipinski definition) is 5. The van der Waals surface area contributed by atoms with Gasteiger partial charge in [0.15, 0.2) is 5.78 Å². The second kappa shape index (κ2) is 8.60. The van der Waals surface area contributed by atoms with Crippen LogP contribution in [0.5, 0.6) is 5.75 Å². The summed E-state index contributed by atoms with van der Waals surface area (Å²) in [5.74, 6) is 0.677. The fourth-order valence-electron chi connectivity index (χ4n) is 3.21. The molecule has 0 aromatic heterocycles. The summed E-state index contributed by atoms with van der Waals surface area (Å²) < 4.78 is 5.44. The van der Waals surface area contributed by atoms with E-state index in [-0.39, 0.29) is 11.5 Å². The van der Waals surface area contributed by atoms with Gasteiger partial charge in [-0.15, -0.1) is 0 Å². The fourth-order valence-corrected chi connectivity index (χ4v) is 3.21. The Hall–Kier alpha value is -2.99. The number of carbonyl (C=O) groups is 1. The minimum atomic E-state index is -0.447. The van der Waals surface area contributed by atoms with Crippen LogP contribution >= 0.6 is 0 Å². The Labute approximate surface area is 158 Å². The molecule has 27 heavy (non-hydrogen) atoms. The molecule has 3 rings (SSSR count). The molecule has 0 amide bonds. The minimum Gasteiger partial charge on any atom is -0.496 e. The van der Waals surface area contributed by atoms with Gasteiger partial charge in [0.2, 0.25) is 0 Å². The molecule has 1 aliphatic rings. The van der Waals surface area contributed by atoms with Gasteiger partial charge in [-0.3, -0.25) is 19.8 Å². The van der Waals surface area contributed by atoms with Gasteiger partial charge < -0.3 is 4.74 Å². The van der Waals surface area contributed by atoms with Crippen LogP contribution in [0.25, 0.3) is 6.08 Å². The summed E-state index contributed by atoms with van der Waals surface area (Å²) in [6, 6.07) is 11.6. The second-order valence-corrected chi connectivity index (χ2v) is 6.56. The summed E-state index contributed by atoms with van der Waals surface area (Å²) in [5, 5.41) is 10.7. The third kappa shape index (κ3) is 4.80. The first-order valence-corrected chi connectivity index (χ1v) is 8.93.